The molecule has 4 heteroatoms. The Morgan fingerprint density at radius 3 is 1.33 bits per heavy atom. The minimum absolute atomic E-state index is 0. The molecular formula is C5H12CoN2O+2. The molecule has 0 aromatic heterocycles. The molecule has 9 heavy (non-hydrogen) atoms. The Balaban J connectivity index is -0.0000000720. The number of hydrogen-bond acceptors (Lipinski definition) is 2. The Bertz CT molecular complexity index is 73.0. The topological polar surface area (TPSA) is 66.9 Å². The molecule has 0 aromatic rings. The first-order chi connectivity index (χ1) is 3.46. The Hall–Kier alpha value is -0.354. The molecule has 0 aliphatic rings. The molecule has 3 nitrogen and oxygen atoms in total. The number of rotatable bonds is 0. The van der Waals surface area contributed by atoms with E-state index in [1.807, 2.05) is 0 Å². The number of hydrogen-bond donors (Lipinski definition) is 2. The van der Waals surface area contributed by atoms with Crippen LogP contribution in [-0.2, 0) is 21.6 Å². The summed E-state index contributed by atoms with van der Waals surface area (Å²) in [5.41, 5.74) is 4.69. The second-order valence-corrected chi connectivity index (χ2v) is 1.59. The van der Waals surface area contributed by atoms with Crippen LogP contribution in [-0.4, -0.2) is 11.6 Å². The van der Waals surface area contributed by atoms with E-state index in [2.05, 4.69) is 0 Å². The Morgan fingerprint density at radius 1 is 1.33 bits per heavy atom. The molecule has 0 saturated heterocycles. The van der Waals surface area contributed by atoms with Crippen molar-refractivity contribution in [2.45, 2.75) is 20.8 Å². The third-order valence-electron chi connectivity index (χ3n) is 0. The van der Waals surface area contributed by atoms with Crippen LogP contribution in [0.5, 0.6) is 0 Å². The molecule has 0 rings (SSSR count). The Kier molecular flexibility index (Phi) is 18.7. The van der Waals surface area contributed by atoms with Gasteiger partial charge < -0.3 is 10.5 Å². The molecule has 0 saturated carbocycles. The fourth-order valence-corrected chi connectivity index (χ4v) is 0. The molecule has 0 aliphatic carbocycles. The number of nitrogens with one attached hydrogen (secondary N) is 1. The van der Waals surface area contributed by atoms with Crippen molar-refractivity contribution in [1.82, 2.24) is 0 Å². The first-order valence-corrected chi connectivity index (χ1v) is 2.24. The van der Waals surface area contributed by atoms with Gasteiger partial charge in [0.1, 0.15) is 5.78 Å². The fourth-order valence-electron chi connectivity index (χ4n) is 0. The monoisotopic (exact) mass is 175 g/mol. The van der Waals surface area contributed by atoms with Crippen molar-refractivity contribution in [2.75, 3.05) is 0 Å². The summed E-state index contributed by atoms with van der Waals surface area (Å²) in [5, 5.41) is 6.28. The van der Waals surface area contributed by atoms with Gasteiger partial charge in [0, 0.05) is 0 Å². The largest absolute Gasteiger partial charge is 2.00 e. The first kappa shape index (κ1) is 15.9. The van der Waals surface area contributed by atoms with Gasteiger partial charge in [0.05, 0.1) is 5.84 Å². The zero-order chi connectivity index (χ0) is 7.15. The van der Waals surface area contributed by atoms with E-state index in [0.29, 0.717) is 0 Å². The number of nitrogens with two attached hydrogens (primary N) is 1. The SMILES string of the molecule is CC(=N)N.CC(C)=O.[Co+2]. The van der Waals surface area contributed by atoms with Gasteiger partial charge in [0.25, 0.3) is 0 Å². The summed E-state index contributed by atoms with van der Waals surface area (Å²) in [6, 6.07) is 0. The van der Waals surface area contributed by atoms with Gasteiger partial charge in [-0.2, -0.15) is 0 Å². The molecule has 0 spiro atoms. The van der Waals surface area contributed by atoms with E-state index >= 15 is 0 Å². The van der Waals surface area contributed by atoms with Crippen molar-refractivity contribution in [2.24, 2.45) is 5.73 Å². The second-order valence-electron chi connectivity index (χ2n) is 1.59. The minimum atomic E-state index is 0. The van der Waals surface area contributed by atoms with Crippen molar-refractivity contribution in [1.29, 1.82) is 5.41 Å². The van der Waals surface area contributed by atoms with Gasteiger partial charge in [0.15, 0.2) is 0 Å². The smallest absolute Gasteiger partial charge is 0.388 e. The molecule has 0 amide bonds. The van der Waals surface area contributed by atoms with Crippen LogP contribution < -0.4 is 5.73 Å². The van der Waals surface area contributed by atoms with Crippen LogP contribution in [0, 0.1) is 5.41 Å². The van der Waals surface area contributed by atoms with Crippen LogP contribution in [0.1, 0.15) is 20.8 Å². The van der Waals surface area contributed by atoms with Gasteiger partial charge in [-0.25, -0.2) is 0 Å². The minimum Gasteiger partial charge on any atom is -0.388 e. The van der Waals surface area contributed by atoms with Crippen LogP contribution in [0.3, 0.4) is 0 Å². The zero-order valence-electron chi connectivity index (χ0n) is 5.82. The van der Waals surface area contributed by atoms with Crippen LogP contribution in [0.25, 0.3) is 0 Å². The van der Waals surface area contributed by atoms with Crippen molar-refractivity contribution >= 4 is 11.6 Å². The van der Waals surface area contributed by atoms with Crippen molar-refractivity contribution in [3.8, 4) is 0 Å². The van der Waals surface area contributed by atoms with Crippen molar-refractivity contribution in [3.05, 3.63) is 0 Å². The summed E-state index contributed by atoms with van der Waals surface area (Å²) in [6.45, 7) is 4.58. The van der Waals surface area contributed by atoms with Gasteiger partial charge >= 0.3 is 16.8 Å². The summed E-state index contributed by atoms with van der Waals surface area (Å²) in [4.78, 5) is 9.44. The van der Waals surface area contributed by atoms with Crippen LogP contribution in [0.15, 0.2) is 0 Å². The Labute approximate surface area is 65.7 Å². The van der Waals surface area contributed by atoms with E-state index in [4.69, 9.17) is 11.1 Å². The molecule has 3 N–H and O–H groups in total. The van der Waals surface area contributed by atoms with Gasteiger partial charge in [0.2, 0.25) is 0 Å². The molecule has 55 valence electrons. The van der Waals surface area contributed by atoms with E-state index in [9.17, 15) is 4.79 Å². The van der Waals surface area contributed by atoms with E-state index in [1.165, 1.54) is 20.8 Å². The molecule has 0 aromatic carbocycles. The summed E-state index contributed by atoms with van der Waals surface area (Å²) >= 11 is 0. The van der Waals surface area contributed by atoms with E-state index in [1.54, 1.807) is 0 Å². The molecule has 0 atom stereocenters. The first-order valence-electron chi connectivity index (χ1n) is 2.24. The quantitative estimate of drug-likeness (QED) is 0.416. The molecule has 0 unspecified atom stereocenters. The van der Waals surface area contributed by atoms with Gasteiger partial charge in [-0.05, 0) is 20.8 Å². The standard InChI is InChI=1S/C3H6O.C2H6N2.Co/c1-3(2)4;1-2(3)4;/h1-2H3;1H3,(H3,3,4);/q;;+2. The number of amidine groups is 1. The average Bonchev–Trinajstić information content (AvgIpc) is 1.25. The second kappa shape index (κ2) is 10.6. The summed E-state index contributed by atoms with van der Waals surface area (Å²) < 4.78 is 0. The fraction of sp³-hybridized carbons (Fsp3) is 0.600. The van der Waals surface area contributed by atoms with Crippen molar-refractivity contribution < 1.29 is 21.6 Å². The summed E-state index contributed by atoms with van der Waals surface area (Å²) in [5.74, 6) is 0.333. The van der Waals surface area contributed by atoms with Crippen LogP contribution in [0.4, 0.5) is 0 Å². The maximum absolute atomic E-state index is 9.44. The van der Waals surface area contributed by atoms with Crippen LogP contribution >= 0.6 is 0 Å². The summed E-state index contributed by atoms with van der Waals surface area (Å²) in [6.07, 6.45) is 0. The number of carbonyl (C=O) groups excluding carboxylic acids is 1. The molecule has 1 radical (unpaired) electrons. The van der Waals surface area contributed by atoms with Gasteiger partial charge in [-0.3, -0.25) is 5.41 Å². The van der Waals surface area contributed by atoms with Crippen molar-refractivity contribution in [3.63, 3.8) is 0 Å². The number of ketones is 1. The van der Waals surface area contributed by atoms with E-state index < -0.39 is 0 Å². The number of carbonyl (C=O) groups is 1. The average molecular weight is 175 g/mol. The van der Waals surface area contributed by atoms with Gasteiger partial charge in [-0.1, -0.05) is 0 Å². The summed E-state index contributed by atoms with van der Waals surface area (Å²) in [7, 11) is 0. The molecule has 0 aliphatic heterocycles. The van der Waals surface area contributed by atoms with E-state index in [-0.39, 0.29) is 28.4 Å². The molecule has 0 bridgehead atoms. The number of Topliss-reactive ketones (excluding diaryl/α,β-unsaturated/α-hetero) is 1. The predicted molar refractivity (Wildman–Crippen MR) is 33.9 cm³/mol. The zero-order valence-corrected chi connectivity index (χ0v) is 6.86. The maximum atomic E-state index is 9.44. The van der Waals surface area contributed by atoms with Gasteiger partial charge in [-0.15, -0.1) is 0 Å². The normalized spacial score (nSPS) is 5.67. The van der Waals surface area contributed by atoms with E-state index in [0.717, 1.165) is 0 Å². The maximum Gasteiger partial charge on any atom is 2.00 e. The van der Waals surface area contributed by atoms with Crippen LogP contribution in [0.2, 0.25) is 0 Å². The molecule has 0 fully saturated rings. The predicted octanol–water partition coefficient (Wildman–Crippen LogP) is 0.535. The Morgan fingerprint density at radius 2 is 1.33 bits per heavy atom. The third kappa shape index (κ3) is 1950. The molecule has 0 heterocycles. The third-order valence-corrected chi connectivity index (χ3v) is 0. The molecular weight excluding hydrogens is 163 g/mol.